The van der Waals surface area contributed by atoms with Gasteiger partial charge in [-0.25, -0.2) is 9.97 Å². The number of thiophene rings is 1. The van der Waals surface area contributed by atoms with Crippen LogP contribution in [0.25, 0.3) is 10.2 Å². The Balaban J connectivity index is 1.82. The van der Waals surface area contributed by atoms with E-state index in [0.29, 0.717) is 5.82 Å². The zero-order valence-electron chi connectivity index (χ0n) is 9.20. The van der Waals surface area contributed by atoms with Crippen molar-refractivity contribution in [3.8, 4) is 0 Å². The van der Waals surface area contributed by atoms with E-state index < -0.39 is 12.8 Å². The number of hydrogen-bond donors (Lipinski definition) is 1. The fraction of sp³-hybridized carbons (Fsp3) is 0.400. The zero-order chi connectivity index (χ0) is 13.0. The maximum atomic E-state index is 11.8. The number of anilines is 1. The standard InChI is InChI=1S/C10H10F3N3OS/c11-10(12,13)5-17-3-2-14-9-8-7(1-4-18-8)15-6-16-9/h1,4,6H,2-3,5H2,(H,14,15,16). The normalized spacial score (nSPS) is 11.9. The summed E-state index contributed by atoms with van der Waals surface area (Å²) in [5.74, 6) is 0.616. The number of ether oxygens (including phenoxy) is 1. The Morgan fingerprint density at radius 2 is 2.17 bits per heavy atom. The molecule has 2 aromatic rings. The van der Waals surface area contributed by atoms with Gasteiger partial charge in [0, 0.05) is 6.54 Å². The predicted octanol–water partition coefficient (Wildman–Crippen LogP) is 2.68. The molecule has 0 aliphatic heterocycles. The predicted molar refractivity (Wildman–Crippen MR) is 62.8 cm³/mol. The van der Waals surface area contributed by atoms with Crippen LogP contribution in [0.5, 0.6) is 0 Å². The van der Waals surface area contributed by atoms with Gasteiger partial charge in [-0.3, -0.25) is 0 Å². The van der Waals surface area contributed by atoms with E-state index in [4.69, 9.17) is 0 Å². The first-order valence-corrected chi connectivity index (χ1v) is 6.01. The lowest BCUT2D eigenvalue weighted by atomic mass is 10.4. The molecule has 8 heteroatoms. The summed E-state index contributed by atoms with van der Waals surface area (Å²) < 4.78 is 40.8. The third kappa shape index (κ3) is 3.54. The van der Waals surface area contributed by atoms with Crippen LogP contribution in [-0.2, 0) is 4.74 Å². The van der Waals surface area contributed by atoms with Crippen LogP contribution in [0.15, 0.2) is 17.8 Å². The molecule has 0 saturated carbocycles. The second-order valence-electron chi connectivity index (χ2n) is 3.45. The summed E-state index contributed by atoms with van der Waals surface area (Å²) in [6.45, 7) is -0.997. The van der Waals surface area contributed by atoms with Crippen molar-refractivity contribution in [2.75, 3.05) is 25.1 Å². The molecule has 0 aliphatic rings. The van der Waals surface area contributed by atoms with Gasteiger partial charge in [0.15, 0.2) is 0 Å². The molecule has 0 amide bonds. The van der Waals surface area contributed by atoms with E-state index >= 15 is 0 Å². The lowest BCUT2D eigenvalue weighted by Crippen LogP contribution is -2.20. The molecule has 0 bridgehead atoms. The van der Waals surface area contributed by atoms with Gasteiger partial charge in [-0.2, -0.15) is 13.2 Å². The van der Waals surface area contributed by atoms with Gasteiger partial charge in [0.05, 0.1) is 16.8 Å². The third-order valence-electron chi connectivity index (χ3n) is 2.05. The third-order valence-corrected chi connectivity index (χ3v) is 2.96. The molecule has 0 spiro atoms. The van der Waals surface area contributed by atoms with Gasteiger partial charge in [-0.15, -0.1) is 11.3 Å². The molecule has 98 valence electrons. The first-order chi connectivity index (χ1) is 8.56. The molecule has 0 aliphatic carbocycles. The van der Waals surface area contributed by atoms with Crippen LogP contribution >= 0.6 is 11.3 Å². The topological polar surface area (TPSA) is 47.0 Å². The number of aromatic nitrogens is 2. The summed E-state index contributed by atoms with van der Waals surface area (Å²) >= 11 is 1.47. The molecule has 0 unspecified atom stereocenters. The van der Waals surface area contributed by atoms with Crippen molar-refractivity contribution in [2.45, 2.75) is 6.18 Å². The number of alkyl halides is 3. The quantitative estimate of drug-likeness (QED) is 0.854. The first-order valence-electron chi connectivity index (χ1n) is 5.13. The number of halogens is 3. The van der Waals surface area contributed by atoms with E-state index in [1.807, 2.05) is 11.4 Å². The van der Waals surface area contributed by atoms with Crippen LogP contribution in [0.1, 0.15) is 0 Å². The zero-order valence-corrected chi connectivity index (χ0v) is 10.0. The Labute approximate surface area is 105 Å². The molecular weight excluding hydrogens is 267 g/mol. The van der Waals surface area contributed by atoms with Crippen molar-refractivity contribution in [3.05, 3.63) is 17.8 Å². The van der Waals surface area contributed by atoms with Crippen LogP contribution < -0.4 is 5.32 Å². The SMILES string of the molecule is FC(F)(F)COCCNc1ncnc2ccsc12. The molecule has 0 fully saturated rings. The smallest absolute Gasteiger partial charge is 0.370 e. The first kappa shape index (κ1) is 13.0. The van der Waals surface area contributed by atoms with Gasteiger partial charge in [-0.05, 0) is 11.4 Å². The molecule has 2 rings (SSSR count). The van der Waals surface area contributed by atoms with Gasteiger partial charge in [0.1, 0.15) is 18.8 Å². The Morgan fingerprint density at radius 1 is 1.33 bits per heavy atom. The van der Waals surface area contributed by atoms with E-state index in [9.17, 15) is 13.2 Å². The maximum Gasteiger partial charge on any atom is 0.411 e. The van der Waals surface area contributed by atoms with Crippen molar-refractivity contribution < 1.29 is 17.9 Å². The Morgan fingerprint density at radius 3 is 2.94 bits per heavy atom. The molecule has 0 radical (unpaired) electrons. The van der Waals surface area contributed by atoms with Crippen LogP contribution in [-0.4, -0.2) is 35.9 Å². The van der Waals surface area contributed by atoms with Crippen molar-refractivity contribution in [1.29, 1.82) is 0 Å². The molecular formula is C10H10F3N3OS. The Bertz CT molecular complexity index is 514. The second kappa shape index (κ2) is 5.49. The summed E-state index contributed by atoms with van der Waals surface area (Å²) in [6.07, 6.45) is -2.87. The molecule has 1 N–H and O–H groups in total. The van der Waals surface area contributed by atoms with E-state index in [0.717, 1.165) is 10.2 Å². The largest absolute Gasteiger partial charge is 0.411 e. The number of rotatable bonds is 5. The van der Waals surface area contributed by atoms with E-state index in [-0.39, 0.29) is 13.2 Å². The highest BCUT2D eigenvalue weighted by molar-refractivity contribution is 7.17. The molecule has 18 heavy (non-hydrogen) atoms. The fourth-order valence-electron chi connectivity index (χ4n) is 1.34. The van der Waals surface area contributed by atoms with E-state index in [1.165, 1.54) is 17.7 Å². The molecule has 4 nitrogen and oxygen atoms in total. The van der Waals surface area contributed by atoms with Gasteiger partial charge in [0.25, 0.3) is 0 Å². The Kier molecular flexibility index (Phi) is 3.97. The van der Waals surface area contributed by atoms with Gasteiger partial charge >= 0.3 is 6.18 Å². The number of hydrogen-bond acceptors (Lipinski definition) is 5. The number of fused-ring (bicyclic) bond motifs is 1. The highest BCUT2D eigenvalue weighted by atomic mass is 32.1. The maximum absolute atomic E-state index is 11.8. The number of nitrogens with one attached hydrogen (secondary N) is 1. The lowest BCUT2D eigenvalue weighted by molar-refractivity contribution is -0.172. The van der Waals surface area contributed by atoms with Gasteiger partial charge in [-0.1, -0.05) is 0 Å². The van der Waals surface area contributed by atoms with Crippen molar-refractivity contribution in [1.82, 2.24) is 9.97 Å². The average Bonchev–Trinajstić information content (AvgIpc) is 2.75. The molecule has 0 aromatic carbocycles. The van der Waals surface area contributed by atoms with E-state index in [2.05, 4.69) is 20.0 Å². The molecule has 2 aromatic heterocycles. The number of nitrogens with zero attached hydrogens (tertiary/aromatic N) is 2. The molecule has 2 heterocycles. The summed E-state index contributed by atoms with van der Waals surface area (Å²) in [4.78, 5) is 8.09. The summed E-state index contributed by atoms with van der Waals surface area (Å²) in [6, 6.07) is 1.85. The van der Waals surface area contributed by atoms with Crippen LogP contribution in [0.2, 0.25) is 0 Å². The van der Waals surface area contributed by atoms with Gasteiger partial charge in [0.2, 0.25) is 0 Å². The lowest BCUT2D eigenvalue weighted by Gasteiger charge is -2.09. The monoisotopic (exact) mass is 277 g/mol. The second-order valence-corrected chi connectivity index (χ2v) is 4.37. The van der Waals surface area contributed by atoms with Crippen LogP contribution in [0, 0.1) is 0 Å². The van der Waals surface area contributed by atoms with E-state index in [1.54, 1.807) is 0 Å². The highest BCUT2D eigenvalue weighted by Crippen LogP contribution is 2.24. The van der Waals surface area contributed by atoms with Crippen molar-refractivity contribution >= 4 is 27.4 Å². The van der Waals surface area contributed by atoms with Crippen LogP contribution in [0.4, 0.5) is 19.0 Å². The Hall–Kier alpha value is -1.41. The summed E-state index contributed by atoms with van der Waals surface area (Å²) in [5.41, 5.74) is 0.814. The average molecular weight is 277 g/mol. The van der Waals surface area contributed by atoms with Crippen LogP contribution in [0.3, 0.4) is 0 Å². The minimum Gasteiger partial charge on any atom is -0.370 e. The molecule has 0 atom stereocenters. The fourth-order valence-corrected chi connectivity index (χ4v) is 2.16. The van der Waals surface area contributed by atoms with Crippen molar-refractivity contribution in [3.63, 3.8) is 0 Å². The molecule has 0 saturated heterocycles. The van der Waals surface area contributed by atoms with Gasteiger partial charge < -0.3 is 10.1 Å². The summed E-state index contributed by atoms with van der Waals surface area (Å²) in [5, 5.41) is 4.81. The summed E-state index contributed by atoms with van der Waals surface area (Å²) in [7, 11) is 0. The van der Waals surface area contributed by atoms with Crippen molar-refractivity contribution in [2.24, 2.45) is 0 Å². The minimum atomic E-state index is -4.28. The minimum absolute atomic E-state index is 0.0314. The highest BCUT2D eigenvalue weighted by Gasteiger charge is 2.27.